The van der Waals surface area contributed by atoms with E-state index in [9.17, 15) is 4.79 Å². The highest BCUT2D eigenvalue weighted by Gasteiger charge is 2.14. The molecular formula is C19H20N4OS. The smallest absolute Gasteiger partial charge is 0.240 e. The molecule has 0 aliphatic carbocycles. The molecular weight excluding hydrogens is 332 g/mol. The van der Waals surface area contributed by atoms with Crippen molar-refractivity contribution in [1.82, 2.24) is 20.1 Å². The van der Waals surface area contributed by atoms with E-state index in [1.54, 1.807) is 4.57 Å². The lowest BCUT2D eigenvalue weighted by Gasteiger charge is -2.15. The lowest BCUT2D eigenvalue weighted by molar-refractivity contribution is -0.122. The minimum Gasteiger partial charge on any atom is -0.348 e. The highest BCUT2D eigenvalue weighted by atomic mass is 32.1. The highest BCUT2D eigenvalue weighted by molar-refractivity contribution is 7.71. The Kier molecular flexibility index (Phi) is 5.09. The third-order valence-electron chi connectivity index (χ3n) is 4.05. The molecule has 0 bridgehead atoms. The molecule has 25 heavy (non-hydrogen) atoms. The second-order valence-corrected chi connectivity index (χ2v) is 6.39. The number of nitrogens with one attached hydrogen (secondary N) is 2. The maximum absolute atomic E-state index is 12.5. The van der Waals surface area contributed by atoms with Gasteiger partial charge in [-0.3, -0.25) is 14.5 Å². The van der Waals surface area contributed by atoms with Crippen molar-refractivity contribution in [2.24, 2.45) is 0 Å². The number of aromatic amines is 1. The summed E-state index contributed by atoms with van der Waals surface area (Å²) in [5.41, 5.74) is 3.14. The number of carbonyl (C=O) groups excluding carboxylic acids is 1. The third-order valence-corrected chi connectivity index (χ3v) is 4.36. The van der Waals surface area contributed by atoms with Crippen LogP contribution >= 0.6 is 12.2 Å². The molecule has 0 aliphatic heterocycles. The van der Waals surface area contributed by atoms with Crippen LogP contribution < -0.4 is 5.32 Å². The van der Waals surface area contributed by atoms with Crippen LogP contribution in [0.4, 0.5) is 0 Å². The summed E-state index contributed by atoms with van der Waals surface area (Å²) in [5.74, 6) is 0.551. The molecule has 3 rings (SSSR count). The molecule has 1 atom stereocenters. The predicted octanol–water partition coefficient (Wildman–Crippen LogP) is 3.79. The average molecular weight is 352 g/mol. The second-order valence-electron chi connectivity index (χ2n) is 6.00. The Balaban J connectivity index is 1.77. The van der Waals surface area contributed by atoms with Crippen molar-refractivity contribution in [1.29, 1.82) is 0 Å². The molecule has 0 saturated heterocycles. The Hall–Kier alpha value is -2.73. The first kappa shape index (κ1) is 17.1. The van der Waals surface area contributed by atoms with Gasteiger partial charge in [-0.05, 0) is 31.6 Å². The fourth-order valence-electron chi connectivity index (χ4n) is 2.64. The lowest BCUT2D eigenvalue weighted by atomic mass is 10.1. The van der Waals surface area contributed by atoms with Crippen molar-refractivity contribution in [3.8, 4) is 11.4 Å². The molecule has 3 aromatic rings. The average Bonchev–Trinajstić information content (AvgIpc) is 2.97. The lowest BCUT2D eigenvalue weighted by Crippen LogP contribution is -2.30. The molecule has 0 aliphatic rings. The molecule has 2 N–H and O–H groups in total. The second kappa shape index (κ2) is 7.44. The number of rotatable bonds is 5. The van der Waals surface area contributed by atoms with Crippen molar-refractivity contribution in [3.63, 3.8) is 0 Å². The number of H-pyrrole nitrogens is 1. The molecule has 2 aromatic carbocycles. The Bertz CT molecular complexity index is 913. The Morgan fingerprint density at radius 2 is 1.88 bits per heavy atom. The first-order valence-corrected chi connectivity index (χ1v) is 8.52. The first-order valence-electron chi connectivity index (χ1n) is 8.11. The van der Waals surface area contributed by atoms with Crippen LogP contribution in [0.2, 0.25) is 0 Å². The Morgan fingerprint density at radius 1 is 1.20 bits per heavy atom. The zero-order valence-corrected chi connectivity index (χ0v) is 15.0. The molecule has 6 heteroatoms. The van der Waals surface area contributed by atoms with Crippen LogP contribution in [0.3, 0.4) is 0 Å². The molecule has 0 spiro atoms. The monoisotopic (exact) mass is 352 g/mol. The van der Waals surface area contributed by atoms with Crippen LogP contribution in [0.1, 0.15) is 24.1 Å². The number of carbonyl (C=O) groups is 1. The van der Waals surface area contributed by atoms with Crippen molar-refractivity contribution in [3.05, 3.63) is 70.5 Å². The van der Waals surface area contributed by atoms with Crippen molar-refractivity contribution in [2.75, 3.05) is 0 Å². The number of nitrogens with zero attached hydrogens (tertiary/aromatic N) is 2. The van der Waals surface area contributed by atoms with Gasteiger partial charge in [0.2, 0.25) is 5.91 Å². The SMILES string of the molecule is Cc1ccc(-c2n[nH]c(=S)n2CC(=O)N[C@@H](C)c2ccccc2)cc1. The van der Waals surface area contributed by atoms with Gasteiger partial charge in [-0.15, -0.1) is 0 Å². The fraction of sp³-hybridized carbons (Fsp3) is 0.211. The topological polar surface area (TPSA) is 62.7 Å². The quantitative estimate of drug-likeness (QED) is 0.687. The summed E-state index contributed by atoms with van der Waals surface area (Å²) < 4.78 is 2.14. The van der Waals surface area contributed by atoms with E-state index in [4.69, 9.17) is 12.2 Å². The van der Waals surface area contributed by atoms with Crippen LogP contribution in [-0.2, 0) is 11.3 Å². The van der Waals surface area contributed by atoms with Gasteiger partial charge in [0.25, 0.3) is 0 Å². The summed E-state index contributed by atoms with van der Waals surface area (Å²) in [7, 11) is 0. The van der Waals surface area contributed by atoms with Crippen LogP contribution in [0.25, 0.3) is 11.4 Å². The number of benzene rings is 2. The van der Waals surface area contributed by atoms with Crippen molar-refractivity contribution >= 4 is 18.1 Å². The molecule has 1 amide bonds. The summed E-state index contributed by atoms with van der Waals surface area (Å²) in [5, 5.41) is 10.1. The van der Waals surface area contributed by atoms with Gasteiger partial charge in [-0.1, -0.05) is 60.2 Å². The summed E-state index contributed by atoms with van der Waals surface area (Å²) in [6, 6.07) is 17.7. The number of aromatic nitrogens is 3. The van der Waals surface area contributed by atoms with E-state index in [0.717, 1.165) is 11.1 Å². The van der Waals surface area contributed by atoms with Crippen LogP contribution in [0.5, 0.6) is 0 Å². The van der Waals surface area contributed by atoms with E-state index in [1.165, 1.54) is 5.56 Å². The Labute approximate surface area is 151 Å². The van der Waals surface area contributed by atoms with Gasteiger partial charge in [-0.25, -0.2) is 0 Å². The molecule has 0 saturated carbocycles. The number of aryl methyl sites for hydroxylation is 1. The summed E-state index contributed by atoms with van der Waals surface area (Å²) in [6.07, 6.45) is 0. The number of amides is 1. The van der Waals surface area contributed by atoms with Crippen molar-refractivity contribution in [2.45, 2.75) is 26.4 Å². The Morgan fingerprint density at radius 3 is 2.56 bits per heavy atom. The normalized spacial score (nSPS) is 11.9. The maximum Gasteiger partial charge on any atom is 0.240 e. The van der Waals surface area contributed by atoms with E-state index >= 15 is 0 Å². The minimum atomic E-state index is -0.109. The maximum atomic E-state index is 12.5. The van der Waals surface area contributed by atoms with E-state index in [0.29, 0.717) is 10.6 Å². The molecule has 0 radical (unpaired) electrons. The third kappa shape index (κ3) is 4.03. The van der Waals surface area contributed by atoms with Crippen LogP contribution in [0.15, 0.2) is 54.6 Å². The van der Waals surface area contributed by atoms with E-state index < -0.39 is 0 Å². The van der Waals surface area contributed by atoms with Gasteiger partial charge in [0.05, 0.1) is 6.04 Å². The molecule has 1 heterocycles. The summed E-state index contributed by atoms with van der Waals surface area (Å²) in [6.45, 7) is 4.11. The van der Waals surface area contributed by atoms with Gasteiger partial charge in [0, 0.05) is 5.56 Å². The van der Waals surface area contributed by atoms with Crippen LogP contribution in [-0.4, -0.2) is 20.7 Å². The van der Waals surface area contributed by atoms with Gasteiger partial charge >= 0.3 is 0 Å². The van der Waals surface area contributed by atoms with Crippen LogP contribution in [0, 0.1) is 11.7 Å². The zero-order valence-electron chi connectivity index (χ0n) is 14.2. The summed E-state index contributed by atoms with van der Waals surface area (Å²) in [4.78, 5) is 12.5. The summed E-state index contributed by atoms with van der Waals surface area (Å²) >= 11 is 5.29. The molecule has 1 aromatic heterocycles. The van der Waals surface area contributed by atoms with E-state index in [1.807, 2.05) is 68.4 Å². The molecule has 128 valence electrons. The van der Waals surface area contributed by atoms with E-state index in [-0.39, 0.29) is 18.5 Å². The number of hydrogen-bond donors (Lipinski definition) is 2. The van der Waals surface area contributed by atoms with Gasteiger partial charge < -0.3 is 5.32 Å². The van der Waals surface area contributed by atoms with E-state index in [2.05, 4.69) is 15.5 Å². The van der Waals surface area contributed by atoms with Crippen molar-refractivity contribution < 1.29 is 4.79 Å². The highest BCUT2D eigenvalue weighted by Crippen LogP contribution is 2.18. The standard InChI is InChI=1S/C19H20N4OS/c1-13-8-10-16(11-9-13)18-21-22-19(25)23(18)12-17(24)20-14(2)15-6-4-3-5-7-15/h3-11,14H,12H2,1-2H3,(H,20,24)(H,22,25)/t14-/m0/s1. The van der Waals surface area contributed by atoms with Gasteiger partial charge in [-0.2, -0.15) is 5.10 Å². The first-order chi connectivity index (χ1) is 12.0. The molecule has 0 fully saturated rings. The largest absolute Gasteiger partial charge is 0.348 e. The fourth-order valence-corrected chi connectivity index (χ4v) is 2.84. The molecule has 0 unspecified atom stereocenters. The predicted molar refractivity (Wildman–Crippen MR) is 101 cm³/mol. The zero-order chi connectivity index (χ0) is 17.8. The molecule has 5 nitrogen and oxygen atoms in total. The van der Waals surface area contributed by atoms with Gasteiger partial charge in [0.1, 0.15) is 6.54 Å². The van der Waals surface area contributed by atoms with Gasteiger partial charge in [0.15, 0.2) is 10.6 Å². The number of hydrogen-bond acceptors (Lipinski definition) is 3. The minimum absolute atomic E-state index is 0.0717.